The van der Waals surface area contributed by atoms with Crippen LogP contribution < -0.4 is 0 Å². The van der Waals surface area contributed by atoms with E-state index < -0.39 is 17.0 Å². The summed E-state index contributed by atoms with van der Waals surface area (Å²) in [6.07, 6.45) is -1.65. The van der Waals surface area contributed by atoms with E-state index in [1.54, 1.807) is 6.92 Å². The molecule has 6 nitrogen and oxygen atoms in total. The summed E-state index contributed by atoms with van der Waals surface area (Å²) in [6.45, 7) is 3.06. The number of benzene rings is 1. The smallest absolute Gasteiger partial charge is 0.337 e. The van der Waals surface area contributed by atoms with Crippen LogP contribution in [0.4, 0.5) is 5.69 Å². The molecule has 2 N–H and O–H groups in total. The van der Waals surface area contributed by atoms with Crippen LogP contribution in [0.5, 0.6) is 0 Å². The van der Waals surface area contributed by atoms with E-state index in [4.69, 9.17) is 5.11 Å². The summed E-state index contributed by atoms with van der Waals surface area (Å²) >= 11 is 0. The third-order valence-corrected chi connectivity index (χ3v) is 2.53. The lowest BCUT2D eigenvalue weighted by molar-refractivity contribution is -0.385. The Bertz CT molecular complexity index is 455. The molecule has 0 saturated heterocycles. The molecule has 1 unspecified atom stereocenters. The van der Waals surface area contributed by atoms with Crippen LogP contribution in [-0.4, -0.2) is 21.1 Å². The monoisotopic (exact) mass is 225 g/mol. The molecular weight excluding hydrogens is 214 g/mol. The minimum atomic E-state index is -1.65. The molecule has 0 heterocycles. The zero-order valence-corrected chi connectivity index (χ0v) is 8.80. The maximum absolute atomic E-state index is 10.6. The second-order valence-corrected chi connectivity index (χ2v) is 3.42. The van der Waals surface area contributed by atoms with Crippen LogP contribution in [0.25, 0.3) is 0 Å². The van der Waals surface area contributed by atoms with Crippen molar-refractivity contribution in [2.75, 3.05) is 0 Å². The van der Waals surface area contributed by atoms with E-state index in [1.807, 2.05) is 0 Å². The topological polar surface area (TPSA) is 101 Å². The van der Waals surface area contributed by atoms with E-state index in [-0.39, 0.29) is 11.3 Å². The Morgan fingerprint density at radius 2 is 1.94 bits per heavy atom. The minimum Gasteiger partial charge on any atom is -0.479 e. The summed E-state index contributed by atoms with van der Waals surface area (Å²) in [5, 5.41) is 28.6. The molecule has 1 atom stereocenters. The minimum absolute atomic E-state index is 0.0844. The molecule has 86 valence electrons. The molecule has 0 saturated carbocycles. The van der Waals surface area contributed by atoms with Gasteiger partial charge in [0.2, 0.25) is 0 Å². The van der Waals surface area contributed by atoms with E-state index in [0.717, 1.165) is 0 Å². The number of hydrogen-bond donors (Lipinski definition) is 2. The predicted molar refractivity (Wildman–Crippen MR) is 55.2 cm³/mol. The number of carbonyl (C=O) groups is 1. The van der Waals surface area contributed by atoms with Crippen molar-refractivity contribution in [1.82, 2.24) is 0 Å². The van der Waals surface area contributed by atoms with Gasteiger partial charge in [-0.25, -0.2) is 4.79 Å². The Morgan fingerprint density at radius 1 is 1.38 bits per heavy atom. The molecule has 1 aromatic carbocycles. The van der Waals surface area contributed by atoms with Gasteiger partial charge in [0.25, 0.3) is 5.69 Å². The van der Waals surface area contributed by atoms with Gasteiger partial charge in [-0.15, -0.1) is 0 Å². The summed E-state index contributed by atoms with van der Waals surface area (Å²) < 4.78 is 0. The number of aliphatic carboxylic acids is 1. The second-order valence-electron chi connectivity index (χ2n) is 3.42. The molecule has 0 amide bonds. The van der Waals surface area contributed by atoms with Crippen molar-refractivity contribution in [3.05, 3.63) is 38.9 Å². The summed E-state index contributed by atoms with van der Waals surface area (Å²) in [7, 11) is 0. The average Bonchev–Trinajstić information content (AvgIpc) is 2.20. The fourth-order valence-corrected chi connectivity index (χ4v) is 1.45. The van der Waals surface area contributed by atoms with Crippen LogP contribution in [0.2, 0.25) is 0 Å². The first-order chi connectivity index (χ1) is 7.36. The Kier molecular flexibility index (Phi) is 3.24. The van der Waals surface area contributed by atoms with Crippen molar-refractivity contribution in [3.63, 3.8) is 0 Å². The molecule has 6 heteroatoms. The number of nitrogens with zero attached hydrogens (tertiary/aromatic N) is 1. The quantitative estimate of drug-likeness (QED) is 0.597. The Balaban J connectivity index is 3.32. The van der Waals surface area contributed by atoms with E-state index in [2.05, 4.69) is 0 Å². The van der Waals surface area contributed by atoms with Crippen LogP contribution in [-0.2, 0) is 4.79 Å². The lowest BCUT2D eigenvalue weighted by atomic mass is 9.98. The van der Waals surface area contributed by atoms with Gasteiger partial charge in [-0.05, 0) is 31.0 Å². The fourth-order valence-electron chi connectivity index (χ4n) is 1.45. The number of carboxylic acids is 1. The molecule has 0 aliphatic rings. The third kappa shape index (κ3) is 2.01. The number of hydrogen-bond acceptors (Lipinski definition) is 4. The summed E-state index contributed by atoms with van der Waals surface area (Å²) in [5.41, 5.74) is 0.876. The molecule has 0 radical (unpaired) electrons. The molecule has 0 fully saturated rings. The van der Waals surface area contributed by atoms with Crippen molar-refractivity contribution in [2.45, 2.75) is 20.0 Å². The zero-order chi connectivity index (χ0) is 12.5. The van der Waals surface area contributed by atoms with Gasteiger partial charge in [-0.2, -0.15) is 0 Å². The summed E-state index contributed by atoms with van der Waals surface area (Å²) in [6, 6.07) is 2.46. The van der Waals surface area contributed by atoms with Crippen molar-refractivity contribution in [2.24, 2.45) is 0 Å². The SMILES string of the molecule is Cc1c(C(O)C(=O)O)ccc([N+](=O)[O-])c1C. The highest BCUT2D eigenvalue weighted by Crippen LogP contribution is 2.27. The van der Waals surface area contributed by atoms with E-state index in [1.165, 1.54) is 19.1 Å². The van der Waals surface area contributed by atoms with Gasteiger partial charge in [0, 0.05) is 11.6 Å². The maximum atomic E-state index is 10.6. The maximum Gasteiger partial charge on any atom is 0.337 e. The molecule has 1 rings (SSSR count). The number of carboxylic acid groups (broad SMARTS) is 1. The third-order valence-electron chi connectivity index (χ3n) is 2.53. The molecule has 0 bridgehead atoms. The highest BCUT2D eigenvalue weighted by atomic mass is 16.6. The summed E-state index contributed by atoms with van der Waals surface area (Å²) in [5.74, 6) is -1.38. The highest BCUT2D eigenvalue weighted by molar-refractivity contribution is 5.75. The Hall–Kier alpha value is -1.95. The lowest BCUT2D eigenvalue weighted by Crippen LogP contribution is -2.12. The highest BCUT2D eigenvalue weighted by Gasteiger charge is 2.22. The van der Waals surface area contributed by atoms with Crippen LogP contribution >= 0.6 is 0 Å². The average molecular weight is 225 g/mol. The van der Waals surface area contributed by atoms with E-state index in [9.17, 15) is 20.0 Å². The van der Waals surface area contributed by atoms with Gasteiger partial charge in [0.15, 0.2) is 6.10 Å². The zero-order valence-electron chi connectivity index (χ0n) is 8.80. The molecule has 16 heavy (non-hydrogen) atoms. The predicted octanol–water partition coefficient (Wildman–Crippen LogP) is 1.33. The Labute approximate surface area is 91.3 Å². The fraction of sp³-hybridized carbons (Fsp3) is 0.300. The number of nitro benzene ring substituents is 1. The number of aliphatic hydroxyl groups excluding tert-OH is 1. The van der Waals surface area contributed by atoms with Gasteiger partial charge in [-0.1, -0.05) is 0 Å². The first-order valence-corrected chi connectivity index (χ1v) is 4.51. The van der Waals surface area contributed by atoms with Gasteiger partial charge in [0.1, 0.15) is 0 Å². The number of nitro groups is 1. The summed E-state index contributed by atoms with van der Waals surface area (Å²) in [4.78, 5) is 20.7. The van der Waals surface area contributed by atoms with Crippen molar-refractivity contribution >= 4 is 11.7 Å². The first kappa shape index (κ1) is 12.1. The van der Waals surface area contributed by atoms with Crippen LogP contribution in [0.1, 0.15) is 22.8 Å². The normalized spacial score (nSPS) is 12.2. The lowest BCUT2D eigenvalue weighted by Gasteiger charge is -2.11. The molecule has 0 aliphatic carbocycles. The van der Waals surface area contributed by atoms with Gasteiger partial charge >= 0.3 is 5.97 Å². The second kappa shape index (κ2) is 4.28. The molecule has 0 spiro atoms. The van der Waals surface area contributed by atoms with Crippen LogP contribution in [0, 0.1) is 24.0 Å². The standard InChI is InChI=1S/C10H11NO5/c1-5-6(2)8(11(15)16)4-3-7(5)9(12)10(13)14/h3-4,9,12H,1-2H3,(H,13,14). The molecule has 0 aromatic heterocycles. The van der Waals surface area contributed by atoms with Crippen molar-refractivity contribution < 1.29 is 19.9 Å². The molecular formula is C10H11NO5. The molecule has 0 aliphatic heterocycles. The van der Waals surface area contributed by atoms with E-state index >= 15 is 0 Å². The van der Waals surface area contributed by atoms with E-state index in [0.29, 0.717) is 11.1 Å². The van der Waals surface area contributed by atoms with Crippen LogP contribution in [0.15, 0.2) is 12.1 Å². The van der Waals surface area contributed by atoms with Crippen molar-refractivity contribution in [3.8, 4) is 0 Å². The number of aliphatic hydroxyl groups is 1. The Morgan fingerprint density at radius 3 is 2.38 bits per heavy atom. The van der Waals surface area contributed by atoms with Gasteiger partial charge in [-0.3, -0.25) is 10.1 Å². The van der Waals surface area contributed by atoms with Crippen LogP contribution in [0.3, 0.4) is 0 Å². The molecule has 1 aromatic rings. The van der Waals surface area contributed by atoms with Gasteiger partial charge < -0.3 is 10.2 Å². The number of rotatable bonds is 3. The van der Waals surface area contributed by atoms with Crippen molar-refractivity contribution in [1.29, 1.82) is 0 Å². The van der Waals surface area contributed by atoms with Gasteiger partial charge in [0.05, 0.1) is 4.92 Å². The first-order valence-electron chi connectivity index (χ1n) is 4.51. The largest absolute Gasteiger partial charge is 0.479 e.